The first kappa shape index (κ1) is 10.5. The van der Waals surface area contributed by atoms with Gasteiger partial charge in [0.2, 0.25) is 5.90 Å². The van der Waals surface area contributed by atoms with Gasteiger partial charge in [-0.3, -0.25) is 5.41 Å². The summed E-state index contributed by atoms with van der Waals surface area (Å²) < 4.78 is 4.87. The summed E-state index contributed by atoms with van der Waals surface area (Å²) in [6.45, 7) is 0. The molecule has 0 spiro atoms. The molecule has 0 aliphatic carbocycles. The summed E-state index contributed by atoms with van der Waals surface area (Å²) in [6, 6.07) is 1.51. The number of ether oxygens (including phenoxy) is 1. The Hall–Kier alpha value is -1.63. The topological polar surface area (TPSA) is 115 Å². The van der Waals surface area contributed by atoms with Gasteiger partial charge in [-0.25, -0.2) is 9.78 Å². The molecule has 0 saturated carbocycles. The van der Waals surface area contributed by atoms with Crippen molar-refractivity contribution in [2.75, 3.05) is 5.73 Å². The first-order valence-corrected chi connectivity index (χ1v) is 4.27. The average Bonchev–Trinajstić information content (AvgIpc) is 2.08. The molecule has 1 aromatic rings. The molecule has 1 aromatic heterocycles. The smallest absolute Gasteiger partial charge is 0.391 e. The molecule has 0 aliphatic rings. The van der Waals surface area contributed by atoms with E-state index in [0.29, 0.717) is 15.9 Å². The van der Waals surface area contributed by atoms with E-state index in [1.165, 1.54) is 12.3 Å². The predicted molar refractivity (Wildman–Crippen MR) is 53.8 cm³/mol. The molecule has 0 bridgehead atoms. The quantitative estimate of drug-likeness (QED) is 0.512. The summed E-state index contributed by atoms with van der Waals surface area (Å²) in [5, 5.41) is 7.30. The van der Waals surface area contributed by atoms with E-state index in [1.807, 2.05) is 0 Å². The van der Waals surface area contributed by atoms with Gasteiger partial charge in [0.1, 0.15) is 5.82 Å². The Kier molecular flexibility index (Phi) is 3.03. The van der Waals surface area contributed by atoms with Gasteiger partial charge in [-0.1, -0.05) is 0 Å². The lowest BCUT2D eigenvalue weighted by atomic mass is 10.3. The molecule has 0 atom stereocenters. The fourth-order valence-corrected chi connectivity index (χ4v) is 1.08. The number of halogens is 1. The molecule has 74 valence electrons. The van der Waals surface area contributed by atoms with Crippen molar-refractivity contribution >= 4 is 33.7 Å². The summed E-state index contributed by atoms with van der Waals surface area (Å²) >= 11 is 3.12. The Morgan fingerprint density at radius 1 is 1.64 bits per heavy atom. The van der Waals surface area contributed by atoms with Gasteiger partial charge in [0.15, 0.2) is 0 Å². The van der Waals surface area contributed by atoms with Gasteiger partial charge in [0.05, 0.1) is 10.0 Å². The van der Waals surface area contributed by atoms with Crippen LogP contribution < -0.4 is 11.5 Å². The molecule has 1 heterocycles. The molecule has 0 aromatic carbocycles. The standard InChI is InChI=1S/C7H7BrN4O2/c8-4-1-3(2-12-5(4)9)6(10)14-7(11)13/h1-2,10H,(H2,9,12)(H2,11,13). The number of anilines is 1. The van der Waals surface area contributed by atoms with Crippen LogP contribution in [-0.2, 0) is 4.74 Å². The predicted octanol–water partition coefficient (Wildman–Crippen LogP) is 0.847. The Labute approximate surface area is 87.9 Å². The lowest BCUT2D eigenvalue weighted by molar-refractivity contribution is 0.208. The van der Waals surface area contributed by atoms with Crippen LogP contribution in [0.5, 0.6) is 0 Å². The van der Waals surface area contributed by atoms with Crippen molar-refractivity contribution < 1.29 is 9.53 Å². The van der Waals surface area contributed by atoms with Crippen molar-refractivity contribution in [3.8, 4) is 0 Å². The number of hydrogen-bond donors (Lipinski definition) is 3. The van der Waals surface area contributed by atoms with E-state index < -0.39 is 6.09 Å². The number of primary amides is 1. The van der Waals surface area contributed by atoms with Gasteiger partial charge in [0, 0.05) is 6.20 Å². The van der Waals surface area contributed by atoms with Crippen molar-refractivity contribution in [2.45, 2.75) is 0 Å². The maximum absolute atomic E-state index is 10.3. The average molecular weight is 259 g/mol. The minimum absolute atomic E-state index is 0.292. The first-order chi connectivity index (χ1) is 6.50. The Morgan fingerprint density at radius 2 is 2.29 bits per heavy atom. The molecule has 5 N–H and O–H groups in total. The van der Waals surface area contributed by atoms with Gasteiger partial charge in [0.25, 0.3) is 0 Å². The zero-order valence-electron chi connectivity index (χ0n) is 6.95. The van der Waals surface area contributed by atoms with Crippen molar-refractivity contribution in [3.63, 3.8) is 0 Å². The summed E-state index contributed by atoms with van der Waals surface area (Å²) in [5.74, 6) is -0.0775. The zero-order valence-corrected chi connectivity index (χ0v) is 8.54. The third-order valence-electron chi connectivity index (χ3n) is 1.33. The van der Waals surface area contributed by atoms with Crippen molar-refractivity contribution in [2.24, 2.45) is 5.73 Å². The van der Waals surface area contributed by atoms with Crippen LogP contribution in [0.4, 0.5) is 10.6 Å². The fourth-order valence-electron chi connectivity index (χ4n) is 0.732. The molecular weight excluding hydrogens is 252 g/mol. The number of carbonyl (C=O) groups excluding carboxylic acids is 1. The van der Waals surface area contributed by atoms with Crippen LogP contribution in [-0.4, -0.2) is 17.0 Å². The molecule has 0 radical (unpaired) electrons. The molecule has 14 heavy (non-hydrogen) atoms. The van der Waals surface area contributed by atoms with Crippen LogP contribution in [0.2, 0.25) is 0 Å². The van der Waals surface area contributed by atoms with Gasteiger partial charge in [-0.2, -0.15) is 0 Å². The maximum atomic E-state index is 10.3. The Bertz CT molecular complexity index is 393. The number of rotatable bonds is 1. The second kappa shape index (κ2) is 4.05. The van der Waals surface area contributed by atoms with Crippen LogP contribution in [0.25, 0.3) is 0 Å². The molecule has 1 rings (SSSR count). The molecule has 1 amide bonds. The number of nitrogen functional groups attached to an aromatic ring is 1. The molecule has 0 saturated heterocycles. The third kappa shape index (κ3) is 2.43. The van der Waals surface area contributed by atoms with Crippen molar-refractivity contribution in [1.29, 1.82) is 5.41 Å². The summed E-state index contributed by atoms with van der Waals surface area (Å²) in [4.78, 5) is 14.1. The van der Waals surface area contributed by atoms with Crippen LogP contribution in [0.15, 0.2) is 16.7 Å². The lowest BCUT2D eigenvalue weighted by Crippen LogP contribution is -2.18. The van der Waals surface area contributed by atoms with Crippen LogP contribution in [0.1, 0.15) is 5.56 Å². The Morgan fingerprint density at radius 3 is 2.79 bits per heavy atom. The first-order valence-electron chi connectivity index (χ1n) is 3.48. The lowest BCUT2D eigenvalue weighted by Gasteiger charge is -2.03. The highest BCUT2D eigenvalue weighted by Crippen LogP contribution is 2.17. The number of nitrogens with zero attached hydrogens (tertiary/aromatic N) is 1. The minimum Gasteiger partial charge on any atom is -0.391 e. The summed E-state index contributed by atoms with van der Waals surface area (Å²) in [6.07, 6.45) is 0.272. The molecular formula is C7H7BrN4O2. The number of amides is 1. The Balaban J connectivity index is 2.91. The van der Waals surface area contributed by atoms with Gasteiger partial charge < -0.3 is 16.2 Å². The van der Waals surface area contributed by atoms with Crippen LogP contribution >= 0.6 is 15.9 Å². The van der Waals surface area contributed by atoms with E-state index in [-0.39, 0.29) is 5.90 Å². The highest BCUT2D eigenvalue weighted by molar-refractivity contribution is 9.10. The van der Waals surface area contributed by atoms with Crippen LogP contribution in [0.3, 0.4) is 0 Å². The normalized spacial score (nSPS) is 9.50. The minimum atomic E-state index is -1.04. The largest absolute Gasteiger partial charge is 0.411 e. The molecule has 6 nitrogen and oxygen atoms in total. The van der Waals surface area contributed by atoms with E-state index in [1.54, 1.807) is 0 Å². The van der Waals surface area contributed by atoms with Gasteiger partial charge in [-0.05, 0) is 22.0 Å². The number of nitrogens with two attached hydrogens (primary N) is 2. The SMILES string of the molecule is N=C(OC(N)=O)c1cnc(N)c(Br)c1. The second-order valence-corrected chi connectivity index (χ2v) is 3.20. The van der Waals surface area contributed by atoms with Crippen LogP contribution in [0, 0.1) is 5.41 Å². The number of carbonyl (C=O) groups is 1. The van der Waals surface area contributed by atoms with Crippen molar-refractivity contribution in [1.82, 2.24) is 4.98 Å². The molecule has 7 heteroatoms. The number of nitrogens with one attached hydrogen (secondary N) is 1. The number of hydrogen-bond acceptors (Lipinski definition) is 5. The van der Waals surface area contributed by atoms with E-state index >= 15 is 0 Å². The van der Waals surface area contributed by atoms with E-state index in [4.69, 9.17) is 16.9 Å². The summed E-state index contributed by atoms with van der Waals surface area (Å²) in [7, 11) is 0. The van der Waals surface area contributed by atoms with E-state index in [2.05, 4.69) is 25.7 Å². The highest BCUT2D eigenvalue weighted by atomic mass is 79.9. The second-order valence-electron chi connectivity index (χ2n) is 2.34. The third-order valence-corrected chi connectivity index (χ3v) is 1.97. The van der Waals surface area contributed by atoms with Gasteiger partial charge >= 0.3 is 6.09 Å². The summed E-state index contributed by atoms with van der Waals surface area (Å²) in [5.41, 5.74) is 10.5. The number of aromatic nitrogens is 1. The highest BCUT2D eigenvalue weighted by Gasteiger charge is 2.08. The van der Waals surface area contributed by atoms with Gasteiger partial charge in [-0.15, -0.1) is 0 Å². The maximum Gasteiger partial charge on any atom is 0.411 e. The monoisotopic (exact) mass is 258 g/mol. The fraction of sp³-hybridized carbons (Fsp3) is 0. The van der Waals surface area contributed by atoms with E-state index in [0.717, 1.165) is 0 Å². The molecule has 0 aliphatic heterocycles. The van der Waals surface area contributed by atoms with E-state index in [9.17, 15) is 4.79 Å². The molecule has 0 fully saturated rings. The van der Waals surface area contributed by atoms with Crippen molar-refractivity contribution in [3.05, 3.63) is 22.3 Å². The zero-order chi connectivity index (χ0) is 10.7. The molecule has 0 unspecified atom stereocenters. The number of pyridine rings is 1.